The van der Waals surface area contributed by atoms with Crippen molar-refractivity contribution in [3.05, 3.63) is 89.5 Å². The SMILES string of the molecule is O=C(/C=C\c1ccccc1)Nc1cccc(-c2nc3cc(Cl)ccc3o2)c1. The second kappa shape index (κ2) is 7.48. The van der Waals surface area contributed by atoms with E-state index in [0.717, 1.165) is 11.1 Å². The molecule has 0 aliphatic rings. The number of benzene rings is 3. The average molecular weight is 375 g/mol. The first-order valence-electron chi connectivity index (χ1n) is 8.38. The smallest absolute Gasteiger partial charge is 0.248 e. The van der Waals surface area contributed by atoms with Gasteiger partial charge in [-0.25, -0.2) is 4.98 Å². The first-order valence-corrected chi connectivity index (χ1v) is 8.76. The standard InChI is InChI=1S/C22H15ClN2O2/c23-17-10-11-20-19(14-17)25-22(27-20)16-7-4-8-18(13-16)24-21(26)12-9-15-5-2-1-3-6-15/h1-14H,(H,24,26)/b12-9-. The van der Waals surface area contributed by atoms with Crippen molar-refractivity contribution in [3.63, 3.8) is 0 Å². The minimum Gasteiger partial charge on any atom is -0.436 e. The molecule has 0 spiro atoms. The number of anilines is 1. The predicted molar refractivity (Wildman–Crippen MR) is 109 cm³/mol. The highest BCUT2D eigenvalue weighted by molar-refractivity contribution is 6.31. The number of oxazole rings is 1. The summed E-state index contributed by atoms with van der Waals surface area (Å²) in [7, 11) is 0. The first-order chi connectivity index (χ1) is 13.2. The van der Waals surface area contributed by atoms with Crippen LogP contribution in [0.1, 0.15) is 5.56 Å². The molecule has 1 amide bonds. The molecule has 4 nitrogen and oxygen atoms in total. The molecule has 0 fully saturated rings. The number of nitrogens with zero attached hydrogens (tertiary/aromatic N) is 1. The second-order valence-corrected chi connectivity index (χ2v) is 6.38. The molecule has 1 aromatic heterocycles. The van der Waals surface area contributed by atoms with Gasteiger partial charge in [0.1, 0.15) is 5.52 Å². The number of halogens is 1. The summed E-state index contributed by atoms with van der Waals surface area (Å²) >= 11 is 5.99. The van der Waals surface area contributed by atoms with Gasteiger partial charge in [-0.1, -0.05) is 48.0 Å². The molecule has 1 N–H and O–H groups in total. The molecule has 0 aliphatic heterocycles. The summed E-state index contributed by atoms with van der Waals surface area (Å²) in [6.45, 7) is 0. The molecule has 0 aliphatic carbocycles. The molecule has 3 aromatic carbocycles. The molecule has 27 heavy (non-hydrogen) atoms. The van der Waals surface area contributed by atoms with Gasteiger partial charge in [0.05, 0.1) is 0 Å². The van der Waals surface area contributed by atoms with Crippen LogP contribution in [0.3, 0.4) is 0 Å². The summed E-state index contributed by atoms with van der Waals surface area (Å²) in [6.07, 6.45) is 3.27. The number of carbonyl (C=O) groups is 1. The lowest BCUT2D eigenvalue weighted by atomic mass is 10.2. The van der Waals surface area contributed by atoms with E-state index in [4.69, 9.17) is 16.0 Å². The van der Waals surface area contributed by atoms with Crippen LogP contribution >= 0.6 is 11.6 Å². The van der Waals surface area contributed by atoms with Crippen LogP contribution in [0, 0.1) is 0 Å². The monoisotopic (exact) mass is 374 g/mol. The Morgan fingerprint density at radius 3 is 2.70 bits per heavy atom. The van der Waals surface area contributed by atoms with Gasteiger partial charge in [0.2, 0.25) is 11.8 Å². The van der Waals surface area contributed by atoms with Gasteiger partial charge in [-0.05, 0) is 48.0 Å². The van der Waals surface area contributed by atoms with Gasteiger partial charge in [-0.15, -0.1) is 0 Å². The Hall–Kier alpha value is -3.37. The zero-order valence-corrected chi connectivity index (χ0v) is 15.0. The topological polar surface area (TPSA) is 55.1 Å². The van der Waals surface area contributed by atoms with Crippen molar-refractivity contribution in [2.75, 3.05) is 5.32 Å². The lowest BCUT2D eigenvalue weighted by molar-refractivity contribution is -0.111. The summed E-state index contributed by atoms with van der Waals surface area (Å²) in [5, 5.41) is 3.45. The van der Waals surface area contributed by atoms with Gasteiger partial charge in [0.25, 0.3) is 0 Å². The lowest BCUT2D eigenvalue weighted by Gasteiger charge is -2.03. The maximum absolute atomic E-state index is 12.2. The molecule has 4 aromatic rings. The molecule has 0 bridgehead atoms. The van der Waals surface area contributed by atoms with Crippen LogP contribution in [0.5, 0.6) is 0 Å². The van der Waals surface area contributed by atoms with Crippen molar-refractivity contribution in [2.24, 2.45) is 0 Å². The van der Waals surface area contributed by atoms with E-state index in [1.165, 1.54) is 6.08 Å². The number of aromatic nitrogens is 1. The van der Waals surface area contributed by atoms with E-state index >= 15 is 0 Å². The largest absolute Gasteiger partial charge is 0.436 e. The van der Waals surface area contributed by atoms with Crippen molar-refractivity contribution in [1.29, 1.82) is 0 Å². The second-order valence-electron chi connectivity index (χ2n) is 5.95. The van der Waals surface area contributed by atoms with Crippen molar-refractivity contribution in [2.45, 2.75) is 0 Å². The highest BCUT2D eigenvalue weighted by Gasteiger charge is 2.09. The van der Waals surface area contributed by atoms with E-state index in [2.05, 4.69) is 10.3 Å². The molecule has 0 atom stereocenters. The van der Waals surface area contributed by atoms with Crippen molar-refractivity contribution >= 4 is 40.4 Å². The molecule has 0 saturated heterocycles. The van der Waals surface area contributed by atoms with Crippen LogP contribution in [0.15, 0.2) is 83.3 Å². The van der Waals surface area contributed by atoms with E-state index in [-0.39, 0.29) is 5.91 Å². The van der Waals surface area contributed by atoms with Crippen LogP contribution in [0.25, 0.3) is 28.6 Å². The zero-order chi connectivity index (χ0) is 18.6. The molecule has 0 radical (unpaired) electrons. The Morgan fingerprint density at radius 1 is 1.00 bits per heavy atom. The molecule has 132 valence electrons. The third-order valence-corrected chi connectivity index (χ3v) is 4.19. The van der Waals surface area contributed by atoms with Crippen LogP contribution in [0.4, 0.5) is 5.69 Å². The molecular weight excluding hydrogens is 360 g/mol. The summed E-state index contributed by atoms with van der Waals surface area (Å²) < 4.78 is 5.78. The lowest BCUT2D eigenvalue weighted by Crippen LogP contribution is -2.07. The summed E-state index contributed by atoms with van der Waals surface area (Å²) in [5.74, 6) is 0.267. The maximum atomic E-state index is 12.2. The van der Waals surface area contributed by atoms with Crippen molar-refractivity contribution in [3.8, 4) is 11.5 Å². The van der Waals surface area contributed by atoms with Gasteiger partial charge in [-0.2, -0.15) is 0 Å². The predicted octanol–water partition coefficient (Wildman–Crippen LogP) is 5.80. The maximum Gasteiger partial charge on any atom is 0.248 e. The Labute approximate surface area is 161 Å². The van der Waals surface area contributed by atoms with E-state index in [1.54, 1.807) is 24.3 Å². The highest BCUT2D eigenvalue weighted by atomic mass is 35.5. The third kappa shape index (κ3) is 4.07. The minimum absolute atomic E-state index is 0.208. The van der Waals surface area contributed by atoms with Gasteiger partial charge in [-0.3, -0.25) is 4.79 Å². The van der Waals surface area contributed by atoms with Crippen molar-refractivity contribution < 1.29 is 9.21 Å². The van der Waals surface area contributed by atoms with E-state index in [0.29, 0.717) is 27.7 Å². The van der Waals surface area contributed by atoms with Gasteiger partial charge < -0.3 is 9.73 Å². The number of fused-ring (bicyclic) bond motifs is 1. The number of amides is 1. The fourth-order valence-electron chi connectivity index (χ4n) is 2.67. The quantitative estimate of drug-likeness (QED) is 0.459. The Morgan fingerprint density at radius 2 is 1.85 bits per heavy atom. The molecular formula is C22H15ClN2O2. The normalized spacial score (nSPS) is 11.1. The number of rotatable bonds is 4. The van der Waals surface area contributed by atoms with Crippen molar-refractivity contribution in [1.82, 2.24) is 4.98 Å². The minimum atomic E-state index is -0.208. The highest BCUT2D eigenvalue weighted by Crippen LogP contribution is 2.27. The number of hydrogen-bond donors (Lipinski definition) is 1. The summed E-state index contributed by atoms with van der Waals surface area (Å²) in [6, 6.07) is 22.3. The fourth-order valence-corrected chi connectivity index (χ4v) is 2.84. The molecule has 1 heterocycles. The molecule has 4 rings (SSSR count). The molecule has 5 heteroatoms. The van der Waals surface area contributed by atoms with Crippen LogP contribution in [-0.2, 0) is 4.79 Å². The van der Waals surface area contributed by atoms with E-state index in [9.17, 15) is 4.79 Å². The number of nitrogens with one attached hydrogen (secondary N) is 1. The number of hydrogen-bond acceptors (Lipinski definition) is 3. The van der Waals surface area contributed by atoms with Crippen LogP contribution < -0.4 is 5.32 Å². The van der Waals surface area contributed by atoms with Crippen LogP contribution in [-0.4, -0.2) is 10.9 Å². The molecule has 0 saturated carbocycles. The van der Waals surface area contributed by atoms with Crippen LogP contribution in [0.2, 0.25) is 5.02 Å². The van der Waals surface area contributed by atoms with Gasteiger partial charge in [0, 0.05) is 22.3 Å². The Balaban J connectivity index is 1.53. The molecule has 0 unspecified atom stereocenters. The zero-order valence-electron chi connectivity index (χ0n) is 14.2. The van der Waals surface area contributed by atoms with Gasteiger partial charge in [0.15, 0.2) is 5.58 Å². The summed E-state index contributed by atoms with van der Waals surface area (Å²) in [4.78, 5) is 16.6. The third-order valence-electron chi connectivity index (χ3n) is 3.95. The first kappa shape index (κ1) is 17.1. The summed E-state index contributed by atoms with van der Waals surface area (Å²) in [5.41, 5.74) is 3.75. The van der Waals surface area contributed by atoms with E-state index in [1.807, 2.05) is 54.6 Å². The van der Waals surface area contributed by atoms with Gasteiger partial charge >= 0.3 is 0 Å². The average Bonchev–Trinajstić information content (AvgIpc) is 3.11. The van der Waals surface area contributed by atoms with E-state index < -0.39 is 0 Å². The Kier molecular flexibility index (Phi) is 4.73. The Bertz CT molecular complexity index is 1130. The number of carbonyl (C=O) groups excluding carboxylic acids is 1. The fraction of sp³-hybridized carbons (Fsp3) is 0.